The van der Waals surface area contributed by atoms with Gasteiger partial charge in [-0.2, -0.15) is 0 Å². The van der Waals surface area contributed by atoms with Crippen LogP contribution in [0.15, 0.2) is 36.4 Å². The van der Waals surface area contributed by atoms with Crippen molar-refractivity contribution in [3.05, 3.63) is 47.8 Å². The lowest BCUT2D eigenvalue weighted by atomic mass is 10.1. The predicted molar refractivity (Wildman–Crippen MR) is 92.7 cm³/mol. The van der Waals surface area contributed by atoms with Gasteiger partial charge in [-0.05, 0) is 29.8 Å². The highest BCUT2D eigenvalue weighted by Crippen LogP contribution is 2.38. The van der Waals surface area contributed by atoms with Gasteiger partial charge in [0.25, 0.3) is 0 Å². The molecule has 7 heteroatoms. The Bertz CT molecular complexity index is 722. The minimum atomic E-state index is -0.462. The molecule has 0 aliphatic rings. The third-order valence-electron chi connectivity index (χ3n) is 3.51. The summed E-state index contributed by atoms with van der Waals surface area (Å²) in [5.41, 5.74) is 0.652. The van der Waals surface area contributed by atoms with E-state index in [1.54, 1.807) is 24.3 Å². The number of benzene rings is 2. The van der Waals surface area contributed by atoms with Gasteiger partial charge >= 0.3 is 5.97 Å². The van der Waals surface area contributed by atoms with E-state index in [-0.39, 0.29) is 25.4 Å². The van der Waals surface area contributed by atoms with E-state index in [4.69, 9.17) is 23.7 Å². The first-order valence-electron chi connectivity index (χ1n) is 7.90. The van der Waals surface area contributed by atoms with Crippen LogP contribution in [0.25, 0.3) is 0 Å². The van der Waals surface area contributed by atoms with Crippen molar-refractivity contribution in [2.45, 2.75) is 6.42 Å². The first kappa shape index (κ1) is 19.4. The molecule has 140 valence electrons. The van der Waals surface area contributed by atoms with Crippen molar-refractivity contribution >= 4 is 5.97 Å². The Morgan fingerprint density at radius 2 is 1.58 bits per heavy atom. The molecule has 0 aliphatic carbocycles. The summed E-state index contributed by atoms with van der Waals surface area (Å²) in [6, 6.07) is 9.39. The highest BCUT2D eigenvalue weighted by atomic mass is 19.1. The zero-order chi connectivity index (χ0) is 18.9. The molecular weight excluding hydrogens is 343 g/mol. The van der Waals surface area contributed by atoms with E-state index in [9.17, 15) is 9.18 Å². The second-order valence-corrected chi connectivity index (χ2v) is 5.21. The van der Waals surface area contributed by atoms with E-state index in [0.717, 1.165) is 0 Å². The molecule has 0 N–H and O–H groups in total. The summed E-state index contributed by atoms with van der Waals surface area (Å²) < 4.78 is 39.5. The molecule has 0 aliphatic heterocycles. The highest BCUT2D eigenvalue weighted by molar-refractivity contribution is 5.73. The number of hydrogen-bond donors (Lipinski definition) is 0. The normalized spacial score (nSPS) is 10.2. The third-order valence-corrected chi connectivity index (χ3v) is 3.51. The van der Waals surface area contributed by atoms with Gasteiger partial charge in [0.05, 0.1) is 27.8 Å². The van der Waals surface area contributed by atoms with Crippen LogP contribution in [0.3, 0.4) is 0 Å². The van der Waals surface area contributed by atoms with Crippen LogP contribution in [0.4, 0.5) is 4.39 Å². The number of esters is 1. The Balaban J connectivity index is 1.88. The molecule has 0 unspecified atom stereocenters. The fraction of sp³-hybridized carbons (Fsp3) is 0.316. The van der Waals surface area contributed by atoms with Gasteiger partial charge in [-0.1, -0.05) is 12.1 Å². The number of hydrogen-bond acceptors (Lipinski definition) is 6. The average Bonchev–Trinajstić information content (AvgIpc) is 2.65. The maximum absolute atomic E-state index is 13.4. The summed E-state index contributed by atoms with van der Waals surface area (Å²) in [4.78, 5) is 12.0. The van der Waals surface area contributed by atoms with Gasteiger partial charge in [-0.3, -0.25) is 4.79 Å². The van der Waals surface area contributed by atoms with Crippen molar-refractivity contribution in [1.82, 2.24) is 0 Å². The van der Waals surface area contributed by atoms with Crippen LogP contribution >= 0.6 is 0 Å². The SMILES string of the molecule is COc1cc(CC(=O)OCCOc2ccccc2F)cc(OC)c1OC. The predicted octanol–water partition coefficient (Wildman–Crippen LogP) is 3.02. The zero-order valence-corrected chi connectivity index (χ0v) is 14.9. The molecule has 0 atom stereocenters. The van der Waals surface area contributed by atoms with E-state index in [2.05, 4.69) is 0 Å². The number of carbonyl (C=O) groups is 1. The second kappa shape index (κ2) is 9.50. The van der Waals surface area contributed by atoms with Crippen molar-refractivity contribution in [3.63, 3.8) is 0 Å². The van der Waals surface area contributed by atoms with Gasteiger partial charge < -0.3 is 23.7 Å². The van der Waals surface area contributed by atoms with Crippen LogP contribution < -0.4 is 18.9 Å². The lowest BCUT2D eigenvalue weighted by Gasteiger charge is -2.14. The summed E-state index contributed by atoms with van der Waals surface area (Å²) >= 11 is 0. The lowest BCUT2D eigenvalue weighted by Crippen LogP contribution is -2.14. The molecule has 2 aromatic rings. The molecule has 0 radical (unpaired) electrons. The van der Waals surface area contributed by atoms with Gasteiger partial charge in [-0.15, -0.1) is 0 Å². The lowest BCUT2D eigenvalue weighted by molar-refractivity contribution is -0.143. The van der Waals surface area contributed by atoms with Crippen molar-refractivity contribution < 1.29 is 32.9 Å². The Hall–Kier alpha value is -2.96. The maximum atomic E-state index is 13.4. The Morgan fingerprint density at radius 3 is 2.15 bits per heavy atom. The van der Waals surface area contributed by atoms with Crippen LogP contribution in [0.5, 0.6) is 23.0 Å². The quantitative estimate of drug-likeness (QED) is 0.503. The first-order valence-corrected chi connectivity index (χ1v) is 7.90. The standard InChI is InChI=1S/C19H21FO6/c1-22-16-10-13(11-17(23-2)19(16)24-3)12-18(21)26-9-8-25-15-7-5-4-6-14(15)20/h4-7,10-11H,8-9,12H2,1-3H3. The summed E-state index contributed by atoms with van der Waals surface area (Å²) in [5.74, 6) is 0.571. The highest BCUT2D eigenvalue weighted by Gasteiger charge is 2.15. The smallest absolute Gasteiger partial charge is 0.310 e. The minimum absolute atomic E-state index is 0.0115. The summed E-state index contributed by atoms with van der Waals surface area (Å²) in [7, 11) is 4.50. The van der Waals surface area contributed by atoms with Crippen molar-refractivity contribution in [2.75, 3.05) is 34.5 Å². The number of rotatable bonds is 9. The second-order valence-electron chi connectivity index (χ2n) is 5.21. The van der Waals surface area contributed by atoms with Crippen LogP contribution in [0.2, 0.25) is 0 Å². The third kappa shape index (κ3) is 5.02. The van der Waals surface area contributed by atoms with Gasteiger partial charge in [0.1, 0.15) is 13.2 Å². The topological polar surface area (TPSA) is 63.2 Å². The summed E-state index contributed by atoms with van der Waals surface area (Å²) in [6.45, 7) is 0.0690. The molecule has 0 saturated heterocycles. The van der Waals surface area contributed by atoms with Crippen LogP contribution in [0.1, 0.15) is 5.56 Å². The van der Waals surface area contributed by atoms with Crippen molar-refractivity contribution in [2.24, 2.45) is 0 Å². The van der Waals surface area contributed by atoms with E-state index < -0.39 is 11.8 Å². The molecule has 0 fully saturated rings. The van der Waals surface area contributed by atoms with Gasteiger partial charge in [-0.25, -0.2) is 4.39 Å². The number of halogens is 1. The number of methoxy groups -OCH3 is 3. The molecule has 0 aromatic heterocycles. The minimum Gasteiger partial charge on any atom is -0.493 e. The molecule has 0 spiro atoms. The van der Waals surface area contributed by atoms with E-state index in [1.165, 1.54) is 33.5 Å². The summed E-state index contributed by atoms with van der Waals surface area (Å²) in [6.07, 6.45) is 0.0242. The number of para-hydroxylation sites is 1. The molecule has 2 aromatic carbocycles. The monoisotopic (exact) mass is 364 g/mol. The van der Waals surface area contributed by atoms with E-state index >= 15 is 0 Å². The molecule has 0 bridgehead atoms. The fourth-order valence-electron chi connectivity index (χ4n) is 2.32. The van der Waals surface area contributed by atoms with Crippen molar-refractivity contribution in [3.8, 4) is 23.0 Å². The largest absolute Gasteiger partial charge is 0.493 e. The Morgan fingerprint density at radius 1 is 0.923 bits per heavy atom. The number of carbonyl (C=O) groups excluding carboxylic acids is 1. The van der Waals surface area contributed by atoms with Gasteiger partial charge in [0.2, 0.25) is 5.75 Å². The van der Waals surface area contributed by atoms with E-state index in [0.29, 0.717) is 22.8 Å². The van der Waals surface area contributed by atoms with Crippen molar-refractivity contribution in [1.29, 1.82) is 0 Å². The fourth-order valence-corrected chi connectivity index (χ4v) is 2.32. The maximum Gasteiger partial charge on any atom is 0.310 e. The first-order chi connectivity index (χ1) is 12.6. The van der Waals surface area contributed by atoms with Gasteiger partial charge in [0, 0.05) is 0 Å². The number of ether oxygens (including phenoxy) is 5. The molecule has 26 heavy (non-hydrogen) atoms. The van der Waals surface area contributed by atoms with Crippen LogP contribution in [-0.4, -0.2) is 40.5 Å². The molecule has 0 saturated carbocycles. The molecule has 6 nitrogen and oxygen atoms in total. The van der Waals surface area contributed by atoms with Crippen LogP contribution in [0, 0.1) is 5.82 Å². The molecule has 0 amide bonds. The zero-order valence-electron chi connectivity index (χ0n) is 14.9. The Kier molecular flexibility index (Phi) is 7.08. The Labute approximate surface area is 151 Å². The molecule has 2 rings (SSSR count). The molecule has 0 heterocycles. The molecular formula is C19H21FO6. The van der Waals surface area contributed by atoms with Gasteiger partial charge in [0.15, 0.2) is 23.1 Å². The van der Waals surface area contributed by atoms with Crippen LogP contribution in [-0.2, 0) is 16.0 Å². The average molecular weight is 364 g/mol. The summed E-state index contributed by atoms with van der Waals surface area (Å²) in [5, 5.41) is 0. The van der Waals surface area contributed by atoms with E-state index in [1.807, 2.05) is 0 Å².